The van der Waals surface area contributed by atoms with E-state index in [0.29, 0.717) is 18.6 Å². The number of ether oxygens (including phenoxy) is 1. The Morgan fingerprint density at radius 2 is 1.62 bits per heavy atom. The molecule has 1 N–H and O–H groups in total. The number of nitrogens with one attached hydrogen (secondary N) is 1. The molecule has 0 aliphatic carbocycles. The second kappa shape index (κ2) is 6.24. The molecule has 0 saturated carbocycles. The summed E-state index contributed by atoms with van der Waals surface area (Å²) >= 11 is 0. The van der Waals surface area contributed by atoms with Gasteiger partial charge in [-0.25, -0.2) is 0 Å². The molecule has 16 heavy (non-hydrogen) atoms. The number of carbonyl (C=O) groups excluding carboxylic acids is 1. The van der Waals surface area contributed by atoms with Crippen LogP contribution in [-0.4, -0.2) is 25.7 Å². The lowest BCUT2D eigenvalue weighted by Gasteiger charge is -2.19. The van der Waals surface area contributed by atoms with Gasteiger partial charge >= 0.3 is 0 Å². The van der Waals surface area contributed by atoms with Crippen LogP contribution >= 0.6 is 0 Å². The first-order valence-corrected chi connectivity index (χ1v) is 5.99. The van der Waals surface area contributed by atoms with Crippen LogP contribution in [-0.2, 0) is 9.53 Å². The normalized spacial score (nSPS) is 12.6. The fourth-order valence-electron chi connectivity index (χ4n) is 0.982. The molecule has 0 spiro atoms. The van der Waals surface area contributed by atoms with Crippen molar-refractivity contribution in [2.75, 3.05) is 19.8 Å². The minimum Gasteiger partial charge on any atom is -0.380 e. The Kier molecular flexibility index (Phi) is 6.01. The predicted octanol–water partition coefficient (Wildman–Crippen LogP) is 2.60. The Hall–Kier alpha value is -0.570. The summed E-state index contributed by atoms with van der Waals surface area (Å²) < 4.78 is 5.46. The molecule has 0 aromatic carbocycles. The number of amides is 1. The lowest BCUT2D eigenvalue weighted by molar-refractivity contribution is -0.128. The fourth-order valence-corrected chi connectivity index (χ4v) is 0.982. The molecular weight excluding hydrogens is 202 g/mol. The first kappa shape index (κ1) is 15.4. The van der Waals surface area contributed by atoms with Crippen LogP contribution < -0.4 is 5.32 Å². The first-order valence-electron chi connectivity index (χ1n) is 5.99. The summed E-state index contributed by atoms with van der Waals surface area (Å²) in [7, 11) is 0. The van der Waals surface area contributed by atoms with Gasteiger partial charge in [0.1, 0.15) is 0 Å². The van der Waals surface area contributed by atoms with Crippen molar-refractivity contribution in [1.82, 2.24) is 5.32 Å². The highest BCUT2D eigenvalue weighted by Crippen LogP contribution is 2.17. The van der Waals surface area contributed by atoms with Crippen LogP contribution in [0.25, 0.3) is 0 Å². The average Bonchev–Trinajstić information content (AvgIpc) is 2.07. The summed E-state index contributed by atoms with van der Waals surface area (Å²) in [5.41, 5.74) is 0.0000668. The van der Waals surface area contributed by atoms with Gasteiger partial charge in [-0.05, 0) is 11.8 Å². The molecule has 0 fully saturated rings. The van der Waals surface area contributed by atoms with Gasteiger partial charge in [0.15, 0.2) is 0 Å². The molecular formula is C13H27NO2. The maximum absolute atomic E-state index is 11.5. The lowest BCUT2D eigenvalue weighted by Crippen LogP contribution is -2.36. The Balaban J connectivity index is 3.45. The van der Waals surface area contributed by atoms with Crippen molar-refractivity contribution in [1.29, 1.82) is 0 Å². The summed E-state index contributed by atoms with van der Waals surface area (Å²) in [6.45, 7) is 14.2. The van der Waals surface area contributed by atoms with Crippen molar-refractivity contribution in [3.63, 3.8) is 0 Å². The number of hydrogen-bond acceptors (Lipinski definition) is 2. The average molecular weight is 229 g/mol. The first-order chi connectivity index (χ1) is 7.13. The molecule has 1 amide bonds. The highest BCUT2D eigenvalue weighted by atomic mass is 16.5. The number of hydrogen-bond donors (Lipinski definition) is 1. The third kappa shape index (κ3) is 8.72. The van der Waals surface area contributed by atoms with E-state index in [1.54, 1.807) is 0 Å². The van der Waals surface area contributed by atoms with E-state index in [2.05, 4.69) is 26.1 Å². The summed E-state index contributed by atoms with van der Waals surface area (Å²) in [6, 6.07) is 0. The summed E-state index contributed by atoms with van der Waals surface area (Å²) in [4.78, 5) is 11.5. The van der Waals surface area contributed by atoms with Crippen LogP contribution in [0.1, 0.15) is 48.0 Å². The SMILES string of the molecule is CC(C)(C)CCOCCNC(=O)C(C)(C)C. The molecule has 0 aliphatic rings. The number of carbonyl (C=O) groups is 1. The number of rotatable bonds is 5. The molecule has 0 aromatic heterocycles. The van der Waals surface area contributed by atoms with E-state index in [-0.39, 0.29) is 11.3 Å². The quantitative estimate of drug-likeness (QED) is 0.736. The van der Waals surface area contributed by atoms with Crippen LogP contribution in [0.3, 0.4) is 0 Å². The largest absolute Gasteiger partial charge is 0.380 e. The molecule has 0 unspecified atom stereocenters. The van der Waals surface area contributed by atoms with Crippen LogP contribution in [0.4, 0.5) is 0 Å². The van der Waals surface area contributed by atoms with Gasteiger partial charge in [-0.1, -0.05) is 41.5 Å². The van der Waals surface area contributed by atoms with Crippen molar-refractivity contribution < 1.29 is 9.53 Å². The Morgan fingerprint density at radius 3 is 2.06 bits per heavy atom. The van der Waals surface area contributed by atoms with Crippen LogP contribution in [0.2, 0.25) is 0 Å². The zero-order valence-electron chi connectivity index (χ0n) is 11.6. The zero-order chi connectivity index (χ0) is 12.8. The smallest absolute Gasteiger partial charge is 0.225 e. The Labute approximate surface area is 99.9 Å². The van der Waals surface area contributed by atoms with Gasteiger partial charge in [-0.2, -0.15) is 0 Å². The van der Waals surface area contributed by atoms with Gasteiger partial charge < -0.3 is 10.1 Å². The third-order valence-electron chi connectivity index (χ3n) is 2.21. The fraction of sp³-hybridized carbons (Fsp3) is 0.923. The maximum Gasteiger partial charge on any atom is 0.225 e. The van der Waals surface area contributed by atoms with E-state index >= 15 is 0 Å². The van der Waals surface area contributed by atoms with E-state index < -0.39 is 0 Å². The molecule has 3 heteroatoms. The highest BCUT2D eigenvalue weighted by molar-refractivity contribution is 5.81. The second-order valence-corrected chi connectivity index (χ2v) is 6.43. The summed E-state index contributed by atoms with van der Waals surface area (Å²) in [6.07, 6.45) is 1.04. The van der Waals surface area contributed by atoms with Crippen molar-refractivity contribution in [2.24, 2.45) is 10.8 Å². The molecule has 0 atom stereocenters. The highest BCUT2D eigenvalue weighted by Gasteiger charge is 2.20. The van der Waals surface area contributed by atoms with Gasteiger partial charge in [-0.15, -0.1) is 0 Å². The van der Waals surface area contributed by atoms with E-state index in [0.717, 1.165) is 13.0 Å². The minimum atomic E-state index is -0.314. The molecule has 3 nitrogen and oxygen atoms in total. The maximum atomic E-state index is 11.5. The topological polar surface area (TPSA) is 38.3 Å². The zero-order valence-corrected chi connectivity index (χ0v) is 11.6. The predicted molar refractivity (Wildman–Crippen MR) is 67.4 cm³/mol. The summed E-state index contributed by atoms with van der Waals surface area (Å²) in [5.74, 6) is 0.0759. The molecule has 0 aliphatic heterocycles. The molecule has 96 valence electrons. The van der Waals surface area contributed by atoms with Crippen LogP contribution in [0.5, 0.6) is 0 Å². The molecule has 0 radical (unpaired) electrons. The third-order valence-corrected chi connectivity index (χ3v) is 2.21. The van der Waals surface area contributed by atoms with Crippen molar-refractivity contribution in [3.05, 3.63) is 0 Å². The lowest BCUT2D eigenvalue weighted by atomic mass is 9.93. The monoisotopic (exact) mass is 229 g/mol. The van der Waals surface area contributed by atoms with Crippen LogP contribution in [0.15, 0.2) is 0 Å². The Morgan fingerprint density at radius 1 is 1.06 bits per heavy atom. The molecule has 0 rings (SSSR count). The van der Waals surface area contributed by atoms with E-state index in [1.807, 2.05) is 20.8 Å². The van der Waals surface area contributed by atoms with E-state index in [4.69, 9.17) is 4.74 Å². The van der Waals surface area contributed by atoms with E-state index in [1.165, 1.54) is 0 Å². The molecule has 0 heterocycles. The van der Waals surface area contributed by atoms with Gasteiger partial charge in [0, 0.05) is 18.6 Å². The van der Waals surface area contributed by atoms with E-state index in [9.17, 15) is 4.79 Å². The standard InChI is InChI=1S/C13H27NO2/c1-12(2,3)7-9-16-10-8-14-11(15)13(4,5)6/h7-10H2,1-6H3,(H,14,15). The van der Waals surface area contributed by atoms with Crippen molar-refractivity contribution in [3.8, 4) is 0 Å². The molecule has 0 aromatic rings. The second-order valence-electron chi connectivity index (χ2n) is 6.43. The van der Waals surface area contributed by atoms with Crippen molar-refractivity contribution in [2.45, 2.75) is 48.0 Å². The minimum absolute atomic E-state index is 0.0759. The van der Waals surface area contributed by atoms with Gasteiger partial charge in [-0.3, -0.25) is 4.79 Å². The molecule has 0 saturated heterocycles. The molecule has 0 bridgehead atoms. The summed E-state index contributed by atoms with van der Waals surface area (Å²) in [5, 5.41) is 2.86. The van der Waals surface area contributed by atoms with Crippen LogP contribution in [0, 0.1) is 10.8 Å². The van der Waals surface area contributed by atoms with Gasteiger partial charge in [0.2, 0.25) is 5.91 Å². The van der Waals surface area contributed by atoms with Gasteiger partial charge in [0.25, 0.3) is 0 Å². The van der Waals surface area contributed by atoms with Crippen molar-refractivity contribution >= 4 is 5.91 Å². The Bertz CT molecular complexity index is 211. The van der Waals surface area contributed by atoms with Gasteiger partial charge in [0.05, 0.1) is 6.61 Å².